The third kappa shape index (κ3) is 2.39. The van der Waals surface area contributed by atoms with Crippen molar-refractivity contribution in [3.05, 3.63) is 40.4 Å². The maximum atomic E-state index is 4.30. The summed E-state index contributed by atoms with van der Waals surface area (Å²) in [5.41, 5.74) is 1.01. The van der Waals surface area contributed by atoms with Gasteiger partial charge in [-0.1, -0.05) is 28.1 Å². The smallest absolute Gasteiger partial charge is 0.163 e. The summed E-state index contributed by atoms with van der Waals surface area (Å²) >= 11 is 3.39. The average molecular weight is 264 g/mol. The van der Waals surface area contributed by atoms with Gasteiger partial charge >= 0.3 is 0 Å². The molecule has 1 aromatic heterocycles. The molecule has 1 aromatic carbocycles. The Hall–Kier alpha value is -1.29. The molecule has 0 saturated carbocycles. The van der Waals surface area contributed by atoms with E-state index in [4.69, 9.17) is 0 Å². The van der Waals surface area contributed by atoms with E-state index in [1.165, 1.54) is 0 Å². The summed E-state index contributed by atoms with van der Waals surface area (Å²) < 4.78 is 1.05. The molecule has 0 aliphatic carbocycles. The van der Waals surface area contributed by atoms with Crippen molar-refractivity contribution in [1.29, 1.82) is 0 Å². The summed E-state index contributed by atoms with van der Waals surface area (Å²) in [6.07, 6.45) is 0. The van der Waals surface area contributed by atoms with Crippen LogP contribution in [0.3, 0.4) is 0 Å². The topological polar surface area (TPSA) is 38.7 Å². The molecule has 0 bridgehead atoms. The number of benzene rings is 1. The molecule has 0 aliphatic heterocycles. The van der Waals surface area contributed by atoms with E-state index in [0.717, 1.165) is 27.5 Å². The highest BCUT2D eigenvalue weighted by Crippen LogP contribution is 2.18. The lowest BCUT2D eigenvalue weighted by Crippen LogP contribution is -1.98. The van der Waals surface area contributed by atoms with E-state index in [1.54, 1.807) is 0 Å². The predicted octanol–water partition coefficient (Wildman–Crippen LogP) is 2.92. The lowest BCUT2D eigenvalue weighted by molar-refractivity contribution is 0.928. The fourth-order valence-corrected chi connectivity index (χ4v) is 1.61. The Morgan fingerprint density at radius 2 is 1.40 bits per heavy atom. The van der Waals surface area contributed by atoms with Gasteiger partial charge in [0.1, 0.15) is 11.6 Å². The minimum Gasteiger partial charge on any atom is -0.219 e. The zero-order chi connectivity index (χ0) is 10.8. The van der Waals surface area contributed by atoms with E-state index >= 15 is 0 Å². The lowest BCUT2D eigenvalue weighted by Gasteiger charge is -2.02. The van der Waals surface area contributed by atoms with E-state index in [0.29, 0.717) is 0 Å². The third-order valence-corrected chi connectivity index (χ3v) is 2.49. The molecule has 2 rings (SSSR count). The van der Waals surface area contributed by atoms with Crippen molar-refractivity contribution in [2.45, 2.75) is 13.8 Å². The van der Waals surface area contributed by atoms with Gasteiger partial charge in [-0.05, 0) is 26.0 Å². The van der Waals surface area contributed by atoms with Crippen molar-refractivity contribution >= 4 is 15.9 Å². The van der Waals surface area contributed by atoms with E-state index in [-0.39, 0.29) is 0 Å². The Balaban J connectivity index is 2.49. The van der Waals surface area contributed by atoms with E-state index in [2.05, 4.69) is 30.9 Å². The Kier molecular flexibility index (Phi) is 2.77. The minimum absolute atomic E-state index is 0.729. The van der Waals surface area contributed by atoms with E-state index in [9.17, 15) is 0 Å². The van der Waals surface area contributed by atoms with Gasteiger partial charge in [-0.3, -0.25) is 0 Å². The molecule has 0 fully saturated rings. The zero-order valence-electron chi connectivity index (χ0n) is 8.53. The normalized spacial score (nSPS) is 10.3. The molecular formula is C11H10BrN3. The van der Waals surface area contributed by atoms with Crippen LogP contribution in [-0.2, 0) is 0 Å². The second-order valence-corrected chi connectivity index (χ2v) is 4.18. The van der Waals surface area contributed by atoms with Crippen molar-refractivity contribution in [3.8, 4) is 11.4 Å². The van der Waals surface area contributed by atoms with Gasteiger partial charge < -0.3 is 0 Å². The molecule has 0 aliphatic rings. The van der Waals surface area contributed by atoms with Crippen molar-refractivity contribution in [2.24, 2.45) is 0 Å². The van der Waals surface area contributed by atoms with Crippen LogP contribution in [0.5, 0.6) is 0 Å². The highest BCUT2D eigenvalue weighted by atomic mass is 79.9. The number of aryl methyl sites for hydroxylation is 2. The number of aromatic nitrogens is 3. The molecule has 4 heteroatoms. The fraction of sp³-hybridized carbons (Fsp3) is 0.182. The molecule has 0 atom stereocenters. The average Bonchev–Trinajstić information content (AvgIpc) is 2.17. The van der Waals surface area contributed by atoms with Crippen LogP contribution in [0.15, 0.2) is 28.7 Å². The van der Waals surface area contributed by atoms with Crippen molar-refractivity contribution in [2.75, 3.05) is 0 Å². The molecule has 3 nitrogen and oxygen atoms in total. The maximum absolute atomic E-state index is 4.30. The van der Waals surface area contributed by atoms with Crippen molar-refractivity contribution in [1.82, 2.24) is 15.0 Å². The van der Waals surface area contributed by atoms with Gasteiger partial charge in [0.2, 0.25) is 0 Å². The van der Waals surface area contributed by atoms with Crippen LogP contribution in [-0.4, -0.2) is 15.0 Å². The first-order valence-corrected chi connectivity index (χ1v) is 5.39. The van der Waals surface area contributed by atoms with Gasteiger partial charge in [-0.2, -0.15) is 0 Å². The Morgan fingerprint density at radius 3 is 1.93 bits per heavy atom. The molecule has 0 spiro atoms. The number of nitrogens with zero attached hydrogens (tertiary/aromatic N) is 3. The second kappa shape index (κ2) is 4.06. The standard InChI is InChI=1S/C11H10BrN3/c1-7-13-8(2)15-11(14-7)9-3-5-10(12)6-4-9/h3-6H,1-2H3. The quantitative estimate of drug-likeness (QED) is 0.794. The highest BCUT2D eigenvalue weighted by Gasteiger charge is 2.03. The van der Waals surface area contributed by atoms with Gasteiger partial charge in [-0.15, -0.1) is 0 Å². The van der Waals surface area contributed by atoms with Crippen LogP contribution in [0, 0.1) is 13.8 Å². The summed E-state index contributed by atoms with van der Waals surface area (Å²) in [5, 5.41) is 0. The molecule has 0 N–H and O–H groups in total. The molecule has 0 radical (unpaired) electrons. The van der Waals surface area contributed by atoms with Gasteiger partial charge in [0.05, 0.1) is 0 Å². The first-order valence-electron chi connectivity index (χ1n) is 4.60. The summed E-state index contributed by atoms with van der Waals surface area (Å²) in [6, 6.07) is 7.92. The fourth-order valence-electron chi connectivity index (χ4n) is 1.34. The predicted molar refractivity (Wildman–Crippen MR) is 62.4 cm³/mol. The van der Waals surface area contributed by atoms with Crippen LogP contribution < -0.4 is 0 Å². The molecule has 15 heavy (non-hydrogen) atoms. The van der Waals surface area contributed by atoms with E-state index in [1.807, 2.05) is 38.1 Å². The molecular weight excluding hydrogens is 254 g/mol. The maximum Gasteiger partial charge on any atom is 0.163 e. The summed E-state index contributed by atoms with van der Waals surface area (Å²) in [6.45, 7) is 3.74. The van der Waals surface area contributed by atoms with Crippen LogP contribution in [0.2, 0.25) is 0 Å². The first-order chi connectivity index (χ1) is 7.15. The van der Waals surface area contributed by atoms with Crippen LogP contribution in [0.1, 0.15) is 11.6 Å². The van der Waals surface area contributed by atoms with Crippen molar-refractivity contribution < 1.29 is 0 Å². The number of halogens is 1. The molecule has 76 valence electrons. The number of hydrogen-bond acceptors (Lipinski definition) is 3. The molecule has 0 amide bonds. The lowest BCUT2D eigenvalue weighted by atomic mass is 10.2. The highest BCUT2D eigenvalue weighted by molar-refractivity contribution is 9.10. The Bertz CT molecular complexity index is 459. The second-order valence-electron chi connectivity index (χ2n) is 3.26. The Morgan fingerprint density at radius 1 is 0.867 bits per heavy atom. The monoisotopic (exact) mass is 263 g/mol. The van der Waals surface area contributed by atoms with Crippen LogP contribution >= 0.6 is 15.9 Å². The van der Waals surface area contributed by atoms with Gasteiger partial charge in [0.15, 0.2) is 5.82 Å². The summed E-state index contributed by atoms with van der Waals surface area (Å²) in [7, 11) is 0. The molecule has 0 saturated heterocycles. The van der Waals surface area contributed by atoms with Crippen LogP contribution in [0.25, 0.3) is 11.4 Å². The van der Waals surface area contributed by atoms with Crippen LogP contribution in [0.4, 0.5) is 0 Å². The number of rotatable bonds is 1. The summed E-state index contributed by atoms with van der Waals surface area (Å²) in [4.78, 5) is 12.7. The first kappa shape index (κ1) is 10.2. The van der Waals surface area contributed by atoms with Crippen molar-refractivity contribution in [3.63, 3.8) is 0 Å². The minimum atomic E-state index is 0.729. The van der Waals surface area contributed by atoms with Gasteiger partial charge in [-0.25, -0.2) is 15.0 Å². The number of hydrogen-bond donors (Lipinski definition) is 0. The molecule has 2 aromatic rings. The Labute approximate surface area is 96.7 Å². The van der Waals surface area contributed by atoms with Gasteiger partial charge in [0, 0.05) is 10.0 Å². The third-order valence-electron chi connectivity index (χ3n) is 1.96. The molecule has 0 unspecified atom stereocenters. The SMILES string of the molecule is Cc1nc(C)nc(-c2ccc(Br)cc2)n1. The largest absolute Gasteiger partial charge is 0.219 e. The summed E-state index contributed by atoms with van der Waals surface area (Å²) in [5.74, 6) is 2.23. The molecule has 1 heterocycles. The van der Waals surface area contributed by atoms with Gasteiger partial charge in [0.25, 0.3) is 0 Å². The zero-order valence-corrected chi connectivity index (χ0v) is 10.1. The van der Waals surface area contributed by atoms with E-state index < -0.39 is 0 Å².